The molecular weight excluding hydrogens is 376 g/mol. The third-order valence-electron chi connectivity index (χ3n) is 4.92. The molecule has 2 atom stereocenters. The van der Waals surface area contributed by atoms with Gasteiger partial charge in [0.25, 0.3) is 0 Å². The molecule has 9 heteroatoms. The molecule has 7 nitrogen and oxygen atoms in total. The monoisotopic (exact) mass is 407 g/mol. The Labute approximate surface area is 155 Å². The molecule has 1 aromatic heterocycles. The van der Waals surface area contributed by atoms with Crippen LogP contribution in [0, 0.1) is 0 Å². The van der Waals surface area contributed by atoms with Crippen molar-refractivity contribution in [1.29, 1.82) is 0 Å². The number of pyridine rings is 1. The lowest BCUT2D eigenvalue weighted by atomic mass is 9.90. The van der Waals surface area contributed by atoms with Crippen LogP contribution in [0.5, 0.6) is 0 Å². The summed E-state index contributed by atoms with van der Waals surface area (Å²) < 4.78 is 25.6. The van der Waals surface area contributed by atoms with Gasteiger partial charge in [0.15, 0.2) is 11.4 Å². The first-order valence-corrected chi connectivity index (χ1v) is 12.5. The van der Waals surface area contributed by atoms with Crippen LogP contribution in [-0.4, -0.2) is 20.1 Å². The van der Waals surface area contributed by atoms with Gasteiger partial charge >= 0.3 is 7.60 Å². The number of rotatable bonds is 9. The third kappa shape index (κ3) is 4.83. The van der Waals surface area contributed by atoms with Gasteiger partial charge in [0.05, 0.1) is 0 Å². The zero-order valence-corrected chi connectivity index (χ0v) is 18.0. The second-order valence-corrected chi connectivity index (χ2v) is 10.3. The molecule has 0 amide bonds. The fourth-order valence-electron chi connectivity index (χ4n) is 3.90. The maximum atomic E-state index is 11.8. The molecule has 1 aromatic rings. The average Bonchev–Trinajstić information content (AvgIpc) is 2.54. The molecule has 0 radical (unpaired) electrons. The first kappa shape index (κ1) is 23.5. The van der Waals surface area contributed by atoms with E-state index in [1.807, 2.05) is 27.7 Å². The predicted molar refractivity (Wildman–Crippen MR) is 99.2 cm³/mol. The highest BCUT2D eigenvalue weighted by Gasteiger charge is 2.40. The van der Waals surface area contributed by atoms with Crippen LogP contribution >= 0.6 is 15.2 Å². The lowest BCUT2D eigenvalue weighted by molar-refractivity contribution is -0.708. The van der Waals surface area contributed by atoms with E-state index in [4.69, 9.17) is 0 Å². The number of hydrogen-bond acceptors (Lipinski definition) is 3. The third-order valence-corrected chi connectivity index (χ3v) is 8.59. The Morgan fingerprint density at radius 2 is 1.31 bits per heavy atom. The van der Waals surface area contributed by atoms with Crippen LogP contribution < -0.4 is 9.46 Å². The van der Waals surface area contributed by atoms with Gasteiger partial charge in [-0.1, -0.05) is 27.7 Å². The Morgan fingerprint density at radius 3 is 1.62 bits per heavy atom. The fourth-order valence-corrected chi connectivity index (χ4v) is 6.26. The second-order valence-electron chi connectivity index (χ2n) is 6.33. The lowest BCUT2D eigenvalue weighted by Gasteiger charge is -2.29. The molecule has 0 aliphatic rings. The van der Waals surface area contributed by atoms with Gasteiger partial charge in [0, 0.05) is 30.4 Å². The SMILES string of the molecule is CCc1c(CC)c(CC)[n+](CC)c(CC)c1CC(P(=O)([O-])O)P(=O)(O)O. The Hall–Kier alpha value is -0.550. The summed E-state index contributed by atoms with van der Waals surface area (Å²) in [6.07, 6.45) is 2.42. The van der Waals surface area contributed by atoms with Gasteiger partial charge < -0.3 is 24.1 Å². The van der Waals surface area contributed by atoms with Crippen molar-refractivity contribution in [3.63, 3.8) is 0 Å². The molecule has 0 bridgehead atoms. The largest absolute Gasteiger partial charge is 0.778 e. The standard InChI is InChI=1S/C17H31NO6P2/c1-6-12-13(7-2)15(8-3)18(10-5)16(9-4)14(12)11-17(25(19,20)21)26(22,23)24/h17H,6-11H2,1-5H3,(H3-,19,20,21,22,23,24). The minimum atomic E-state index is -5.21. The summed E-state index contributed by atoms with van der Waals surface area (Å²) in [5.41, 5.74) is 4.74. The zero-order chi connectivity index (χ0) is 20.3. The lowest BCUT2D eigenvalue weighted by Crippen LogP contribution is -2.45. The number of nitrogens with zero attached hydrogens (tertiary/aromatic N) is 1. The van der Waals surface area contributed by atoms with Crippen molar-refractivity contribution >= 4 is 15.2 Å². The van der Waals surface area contributed by atoms with E-state index in [2.05, 4.69) is 11.5 Å². The van der Waals surface area contributed by atoms with E-state index in [0.29, 0.717) is 24.9 Å². The molecule has 0 aromatic carbocycles. The molecule has 2 unspecified atom stereocenters. The van der Waals surface area contributed by atoms with Crippen LogP contribution in [0.4, 0.5) is 0 Å². The molecule has 26 heavy (non-hydrogen) atoms. The fraction of sp³-hybridized carbons (Fsp3) is 0.706. The van der Waals surface area contributed by atoms with Crippen molar-refractivity contribution in [3.05, 3.63) is 28.1 Å². The molecular formula is C17H31NO6P2. The minimum absolute atomic E-state index is 0.384. The molecule has 0 spiro atoms. The van der Waals surface area contributed by atoms with Crippen molar-refractivity contribution in [2.45, 2.75) is 78.7 Å². The summed E-state index contributed by atoms with van der Waals surface area (Å²) in [4.78, 5) is 40.2. The van der Waals surface area contributed by atoms with Gasteiger partial charge in [-0.05, 0) is 25.3 Å². The molecule has 0 aliphatic heterocycles. The molecule has 150 valence electrons. The topological polar surface area (TPSA) is 122 Å². The summed E-state index contributed by atoms with van der Waals surface area (Å²) in [5, 5.41) is -2.12. The van der Waals surface area contributed by atoms with Crippen LogP contribution in [0.1, 0.15) is 62.7 Å². The first-order chi connectivity index (χ1) is 12.0. The molecule has 0 saturated heterocycles. The van der Waals surface area contributed by atoms with Crippen LogP contribution in [0.25, 0.3) is 0 Å². The Balaban J connectivity index is 3.84. The normalized spacial score (nSPS) is 15.7. The molecule has 1 heterocycles. The van der Waals surface area contributed by atoms with E-state index >= 15 is 0 Å². The highest BCUT2D eigenvalue weighted by Crippen LogP contribution is 2.59. The summed E-state index contributed by atoms with van der Waals surface area (Å²) >= 11 is 0. The molecule has 3 N–H and O–H groups in total. The van der Waals surface area contributed by atoms with Crippen LogP contribution in [-0.2, 0) is 47.8 Å². The quantitative estimate of drug-likeness (QED) is 0.424. The number of hydrogen-bond donors (Lipinski definition) is 3. The van der Waals surface area contributed by atoms with Gasteiger partial charge in [0.2, 0.25) is 0 Å². The zero-order valence-electron chi connectivity index (χ0n) is 16.2. The Bertz CT molecular complexity index is 682. The van der Waals surface area contributed by atoms with Crippen molar-refractivity contribution in [2.75, 3.05) is 0 Å². The van der Waals surface area contributed by atoms with E-state index in [9.17, 15) is 28.7 Å². The van der Waals surface area contributed by atoms with Gasteiger partial charge in [-0.2, -0.15) is 4.57 Å². The highest BCUT2D eigenvalue weighted by molar-refractivity contribution is 7.70. The van der Waals surface area contributed by atoms with E-state index in [1.54, 1.807) is 0 Å². The Morgan fingerprint density at radius 1 is 0.846 bits per heavy atom. The van der Waals surface area contributed by atoms with Gasteiger partial charge in [-0.3, -0.25) is 4.57 Å². The molecule has 0 fully saturated rings. The second kappa shape index (κ2) is 9.09. The van der Waals surface area contributed by atoms with Crippen molar-refractivity contribution in [2.24, 2.45) is 0 Å². The summed E-state index contributed by atoms with van der Waals surface area (Å²) in [6, 6.07) is 0. The molecule has 0 aliphatic carbocycles. The molecule has 0 saturated carbocycles. The average molecular weight is 407 g/mol. The summed E-state index contributed by atoms with van der Waals surface area (Å²) in [5.74, 6) is 0. The van der Waals surface area contributed by atoms with E-state index in [0.717, 1.165) is 29.7 Å². The van der Waals surface area contributed by atoms with E-state index < -0.39 is 20.6 Å². The van der Waals surface area contributed by atoms with Crippen molar-refractivity contribution < 1.29 is 33.3 Å². The van der Waals surface area contributed by atoms with Crippen molar-refractivity contribution in [3.8, 4) is 0 Å². The number of aromatic nitrogens is 1. The van der Waals surface area contributed by atoms with Crippen LogP contribution in [0.2, 0.25) is 0 Å². The predicted octanol–water partition coefficient (Wildman–Crippen LogP) is 1.84. The van der Waals surface area contributed by atoms with Gasteiger partial charge in [-0.25, -0.2) is 0 Å². The van der Waals surface area contributed by atoms with Crippen molar-refractivity contribution in [1.82, 2.24) is 0 Å². The molecule has 1 rings (SSSR count). The summed E-state index contributed by atoms with van der Waals surface area (Å²) in [7, 11) is -10.2. The van der Waals surface area contributed by atoms with Gasteiger partial charge in [0.1, 0.15) is 19.5 Å². The van der Waals surface area contributed by atoms with E-state index in [-0.39, 0.29) is 6.42 Å². The summed E-state index contributed by atoms with van der Waals surface area (Å²) in [6.45, 7) is 10.7. The van der Waals surface area contributed by atoms with Crippen LogP contribution in [0.3, 0.4) is 0 Å². The maximum absolute atomic E-state index is 11.8. The van der Waals surface area contributed by atoms with Gasteiger partial charge in [-0.15, -0.1) is 0 Å². The minimum Gasteiger partial charge on any atom is -0.778 e. The van der Waals surface area contributed by atoms with Crippen LogP contribution in [0.15, 0.2) is 0 Å². The van der Waals surface area contributed by atoms with E-state index in [1.165, 1.54) is 5.69 Å². The maximum Gasteiger partial charge on any atom is 0.337 e. The highest BCUT2D eigenvalue weighted by atomic mass is 31.2. The first-order valence-electron chi connectivity index (χ1n) is 9.14. The smallest absolute Gasteiger partial charge is 0.337 e. The Kier molecular flexibility index (Phi) is 8.22.